The summed E-state index contributed by atoms with van der Waals surface area (Å²) in [5.41, 5.74) is 5.39. The molecule has 1 aliphatic heterocycles. The predicted octanol–water partition coefficient (Wildman–Crippen LogP) is 1.59. The highest BCUT2D eigenvalue weighted by Gasteiger charge is 2.30. The van der Waals surface area contributed by atoms with Crippen molar-refractivity contribution in [1.29, 1.82) is 0 Å². The lowest BCUT2D eigenvalue weighted by atomic mass is 10.0. The summed E-state index contributed by atoms with van der Waals surface area (Å²) < 4.78 is 0. The maximum Gasteiger partial charge on any atom is 0.353 e. The first-order valence-corrected chi connectivity index (χ1v) is 6.13. The van der Waals surface area contributed by atoms with Crippen LogP contribution in [0.3, 0.4) is 0 Å². The number of anilines is 2. The first-order valence-electron chi connectivity index (χ1n) is 6.13. The van der Waals surface area contributed by atoms with Gasteiger partial charge in [-0.25, -0.2) is 9.97 Å². The second-order valence-corrected chi connectivity index (χ2v) is 4.58. The summed E-state index contributed by atoms with van der Waals surface area (Å²) in [7, 11) is 0. The fourth-order valence-corrected chi connectivity index (χ4v) is 2.46. The summed E-state index contributed by atoms with van der Waals surface area (Å²) in [5.74, 6) is 0.876. The number of nitrogens with zero attached hydrogens (tertiary/aromatic N) is 4. The number of nitrogen functional groups attached to an aromatic ring is 1. The Morgan fingerprint density at radius 3 is 3.06 bits per heavy atom. The SMILES string of the molecule is CCCC1CCN(c2ncnc(N)c2[N+](=O)[O-])C1. The van der Waals surface area contributed by atoms with Crippen molar-refractivity contribution in [2.75, 3.05) is 23.7 Å². The largest absolute Gasteiger partial charge is 0.378 e. The van der Waals surface area contributed by atoms with Crippen LogP contribution < -0.4 is 10.6 Å². The topological polar surface area (TPSA) is 98.2 Å². The lowest BCUT2D eigenvalue weighted by Gasteiger charge is -2.17. The molecule has 1 fully saturated rings. The molecule has 1 aliphatic rings. The molecule has 18 heavy (non-hydrogen) atoms. The van der Waals surface area contributed by atoms with Gasteiger partial charge < -0.3 is 10.6 Å². The van der Waals surface area contributed by atoms with Crippen LogP contribution in [0.25, 0.3) is 0 Å². The first kappa shape index (κ1) is 12.5. The Morgan fingerprint density at radius 2 is 2.39 bits per heavy atom. The molecule has 1 unspecified atom stereocenters. The van der Waals surface area contributed by atoms with Crippen LogP contribution in [0, 0.1) is 16.0 Å². The van der Waals surface area contributed by atoms with Crippen molar-refractivity contribution in [3.05, 3.63) is 16.4 Å². The number of hydrogen-bond donors (Lipinski definition) is 1. The third-order valence-electron chi connectivity index (χ3n) is 3.30. The van der Waals surface area contributed by atoms with Crippen molar-refractivity contribution in [1.82, 2.24) is 9.97 Å². The minimum absolute atomic E-state index is 0.0658. The summed E-state index contributed by atoms with van der Waals surface area (Å²) in [6.07, 6.45) is 4.61. The highest BCUT2D eigenvalue weighted by Crippen LogP contribution is 2.33. The molecule has 0 spiro atoms. The smallest absolute Gasteiger partial charge is 0.353 e. The van der Waals surface area contributed by atoms with E-state index in [-0.39, 0.29) is 11.5 Å². The first-order chi connectivity index (χ1) is 8.63. The maximum absolute atomic E-state index is 11.0. The summed E-state index contributed by atoms with van der Waals surface area (Å²) >= 11 is 0. The molecule has 1 aromatic heterocycles. The van der Waals surface area contributed by atoms with Crippen molar-refractivity contribution in [2.45, 2.75) is 26.2 Å². The van der Waals surface area contributed by atoms with E-state index in [2.05, 4.69) is 16.9 Å². The van der Waals surface area contributed by atoms with E-state index < -0.39 is 4.92 Å². The molecular formula is C11H17N5O2. The molecule has 1 saturated heterocycles. The van der Waals surface area contributed by atoms with Crippen molar-refractivity contribution >= 4 is 17.3 Å². The molecule has 0 amide bonds. The monoisotopic (exact) mass is 251 g/mol. The van der Waals surface area contributed by atoms with Gasteiger partial charge in [-0.3, -0.25) is 10.1 Å². The lowest BCUT2D eigenvalue weighted by Crippen LogP contribution is -2.22. The minimum Gasteiger partial charge on any atom is -0.378 e. The van der Waals surface area contributed by atoms with Gasteiger partial charge in [0.1, 0.15) is 6.33 Å². The highest BCUT2D eigenvalue weighted by molar-refractivity contribution is 5.68. The van der Waals surface area contributed by atoms with Crippen LogP contribution in [0.15, 0.2) is 6.33 Å². The van der Waals surface area contributed by atoms with E-state index in [0.717, 1.165) is 32.4 Å². The average Bonchev–Trinajstić information content (AvgIpc) is 2.77. The zero-order chi connectivity index (χ0) is 13.1. The highest BCUT2D eigenvalue weighted by atomic mass is 16.6. The van der Waals surface area contributed by atoms with Gasteiger partial charge in [0.25, 0.3) is 0 Å². The predicted molar refractivity (Wildman–Crippen MR) is 68.3 cm³/mol. The van der Waals surface area contributed by atoms with Crippen molar-refractivity contribution < 1.29 is 4.92 Å². The van der Waals surface area contributed by atoms with Gasteiger partial charge in [-0.2, -0.15) is 0 Å². The normalized spacial score (nSPS) is 19.2. The molecule has 2 heterocycles. The zero-order valence-corrected chi connectivity index (χ0v) is 10.4. The van der Waals surface area contributed by atoms with E-state index >= 15 is 0 Å². The van der Waals surface area contributed by atoms with Crippen molar-refractivity contribution in [3.8, 4) is 0 Å². The number of nitrogens with two attached hydrogens (primary N) is 1. The summed E-state index contributed by atoms with van der Waals surface area (Å²) in [6, 6.07) is 0. The van der Waals surface area contributed by atoms with Gasteiger partial charge in [0.15, 0.2) is 0 Å². The summed E-state index contributed by atoms with van der Waals surface area (Å²) in [5, 5.41) is 11.0. The van der Waals surface area contributed by atoms with Crippen molar-refractivity contribution in [3.63, 3.8) is 0 Å². The molecule has 98 valence electrons. The van der Waals surface area contributed by atoms with E-state index in [1.807, 2.05) is 4.90 Å². The molecule has 0 aromatic carbocycles. The van der Waals surface area contributed by atoms with Crippen LogP contribution in [0.4, 0.5) is 17.3 Å². The molecule has 0 saturated carbocycles. The molecule has 7 heteroatoms. The van der Waals surface area contributed by atoms with Crippen LogP contribution in [0.2, 0.25) is 0 Å². The molecule has 1 atom stereocenters. The van der Waals surface area contributed by atoms with Crippen LogP contribution in [-0.4, -0.2) is 28.0 Å². The molecule has 0 radical (unpaired) electrons. The van der Waals surface area contributed by atoms with Gasteiger partial charge in [-0.05, 0) is 18.8 Å². The third kappa shape index (κ3) is 2.34. The van der Waals surface area contributed by atoms with E-state index in [4.69, 9.17) is 5.73 Å². The summed E-state index contributed by atoms with van der Waals surface area (Å²) in [6.45, 7) is 3.75. The van der Waals surface area contributed by atoms with Crippen LogP contribution in [0.1, 0.15) is 26.2 Å². The zero-order valence-electron chi connectivity index (χ0n) is 10.4. The molecule has 0 aliphatic carbocycles. The van der Waals surface area contributed by atoms with Crippen LogP contribution >= 0.6 is 0 Å². The van der Waals surface area contributed by atoms with Gasteiger partial charge in [0, 0.05) is 13.1 Å². The van der Waals surface area contributed by atoms with Gasteiger partial charge >= 0.3 is 5.69 Å². The Labute approximate surface area is 105 Å². The van der Waals surface area contributed by atoms with Crippen LogP contribution in [0.5, 0.6) is 0 Å². The standard InChI is InChI=1S/C11H17N5O2/c1-2-3-8-4-5-15(6-8)11-9(16(17)18)10(12)13-7-14-11/h7-8H,2-6H2,1H3,(H2,12,13,14). The Balaban J connectivity index is 2.24. The third-order valence-corrected chi connectivity index (χ3v) is 3.30. The number of hydrogen-bond acceptors (Lipinski definition) is 6. The number of rotatable bonds is 4. The Kier molecular flexibility index (Phi) is 3.59. The lowest BCUT2D eigenvalue weighted by molar-refractivity contribution is -0.383. The molecular weight excluding hydrogens is 234 g/mol. The van der Waals surface area contributed by atoms with Crippen molar-refractivity contribution in [2.24, 2.45) is 5.92 Å². The van der Waals surface area contributed by atoms with E-state index in [9.17, 15) is 10.1 Å². The van der Waals surface area contributed by atoms with Gasteiger partial charge in [-0.15, -0.1) is 0 Å². The second-order valence-electron chi connectivity index (χ2n) is 4.58. The van der Waals surface area contributed by atoms with Crippen LogP contribution in [-0.2, 0) is 0 Å². The Bertz CT molecular complexity index is 451. The van der Waals surface area contributed by atoms with E-state index in [1.165, 1.54) is 6.33 Å². The fourth-order valence-electron chi connectivity index (χ4n) is 2.46. The molecule has 0 bridgehead atoms. The quantitative estimate of drug-likeness (QED) is 0.644. The average molecular weight is 251 g/mol. The fraction of sp³-hybridized carbons (Fsp3) is 0.636. The molecule has 7 nitrogen and oxygen atoms in total. The minimum atomic E-state index is -0.502. The Morgan fingerprint density at radius 1 is 1.61 bits per heavy atom. The van der Waals surface area contributed by atoms with Gasteiger partial charge in [0.05, 0.1) is 4.92 Å². The molecule has 2 rings (SSSR count). The number of nitro groups is 1. The van der Waals surface area contributed by atoms with E-state index in [1.54, 1.807) is 0 Å². The maximum atomic E-state index is 11.0. The molecule has 2 N–H and O–H groups in total. The Hall–Kier alpha value is -1.92. The second kappa shape index (κ2) is 5.16. The van der Waals surface area contributed by atoms with Gasteiger partial charge in [-0.1, -0.05) is 13.3 Å². The summed E-state index contributed by atoms with van der Waals surface area (Å²) in [4.78, 5) is 20.2. The molecule has 1 aromatic rings. The van der Waals surface area contributed by atoms with E-state index in [0.29, 0.717) is 11.7 Å². The van der Waals surface area contributed by atoms with Gasteiger partial charge in [0.2, 0.25) is 11.6 Å². The number of aromatic nitrogens is 2.